The largest absolute Gasteiger partial charge is 0.381 e. The molecule has 94 valence electrons. The van der Waals surface area contributed by atoms with Gasteiger partial charge in [0.05, 0.1) is 11.9 Å². The highest BCUT2D eigenvalue weighted by Gasteiger charge is 2.13. The molecule has 0 radical (unpaired) electrons. The Morgan fingerprint density at radius 2 is 1.94 bits per heavy atom. The first kappa shape index (κ1) is 12.4. The van der Waals surface area contributed by atoms with E-state index in [-0.39, 0.29) is 5.03 Å². The number of rotatable bonds is 3. The molecule has 1 saturated carbocycles. The lowest BCUT2D eigenvalue weighted by atomic mass is 9.95. The standard InChI is InChI=1S/C12H18N2O2S/c1-17(15,16)12-8-7-11(9-13-12)14-10-5-3-2-4-6-10/h7-10,14H,2-6H2,1H3. The van der Waals surface area contributed by atoms with E-state index >= 15 is 0 Å². The Bertz CT molecular complexity index is 462. The summed E-state index contributed by atoms with van der Waals surface area (Å²) in [6.07, 6.45) is 9.01. The molecule has 0 atom stereocenters. The van der Waals surface area contributed by atoms with Crippen molar-refractivity contribution in [2.45, 2.75) is 43.2 Å². The van der Waals surface area contributed by atoms with Crippen LogP contribution in [-0.4, -0.2) is 25.7 Å². The highest BCUT2D eigenvalue weighted by Crippen LogP contribution is 2.21. The summed E-state index contributed by atoms with van der Waals surface area (Å²) in [5, 5.41) is 3.53. The van der Waals surface area contributed by atoms with Crippen LogP contribution in [0, 0.1) is 0 Å². The van der Waals surface area contributed by atoms with E-state index in [1.54, 1.807) is 18.3 Å². The summed E-state index contributed by atoms with van der Waals surface area (Å²) in [5.74, 6) is 0. The number of nitrogens with zero attached hydrogens (tertiary/aromatic N) is 1. The predicted molar refractivity (Wildman–Crippen MR) is 67.8 cm³/mol. The molecule has 4 nitrogen and oxygen atoms in total. The first-order valence-electron chi connectivity index (χ1n) is 5.98. The van der Waals surface area contributed by atoms with Crippen LogP contribution in [0.2, 0.25) is 0 Å². The Hall–Kier alpha value is -1.10. The smallest absolute Gasteiger partial charge is 0.192 e. The normalized spacial score (nSPS) is 17.9. The lowest BCUT2D eigenvalue weighted by Crippen LogP contribution is -2.22. The first-order valence-corrected chi connectivity index (χ1v) is 7.87. The van der Waals surface area contributed by atoms with Crippen molar-refractivity contribution in [1.82, 2.24) is 4.98 Å². The molecule has 1 aliphatic carbocycles. The molecule has 1 aliphatic rings. The number of hydrogen-bond donors (Lipinski definition) is 1. The quantitative estimate of drug-likeness (QED) is 0.898. The molecule has 0 aromatic carbocycles. The van der Waals surface area contributed by atoms with E-state index in [0.29, 0.717) is 6.04 Å². The van der Waals surface area contributed by atoms with Crippen molar-refractivity contribution in [3.63, 3.8) is 0 Å². The maximum Gasteiger partial charge on any atom is 0.192 e. The zero-order chi connectivity index (χ0) is 12.3. The fraction of sp³-hybridized carbons (Fsp3) is 0.583. The average Bonchev–Trinajstić information content (AvgIpc) is 2.30. The van der Waals surface area contributed by atoms with E-state index in [1.165, 1.54) is 38.4 Å². The molecule has 0 bridgehead atoms. The van der Waals surface area contributed by atoms with E-state index in [2.05, 4.69) is 10.3 Å². The topological polar surface area (TPSA) is 59.1 Å². The van der Waals surface area contributed by atoms with Crippen molar-refractivity contribution < 1.29 is 8.42 Å². The molecule has 1 aromatic heterocycles. The minimum atomic E-state index is -3.19. The van der Waals surface area contributed by atoms with E-state index in [4.69, 9.17) is 0 Å². The Morgan fingerprint density at radius 1 is 1.24 bits per heavy atom. The number of sulfone groups is 1. The highest BCUT2D eigenvalue weighted by molar-refractivity contribution is 7.90. The second-order valence-corrected chi connectivity index (χ2v) is 6.60. The molecule has 0 unspecified atom stereocenters. The van der Waals surface area contributed by atoms with Gasteiger partial charge in [-0.05, 0) is 25.0 Å². The van der Waals surface area contributed by atoms with E-state index in [9.17, 15) is 8.42 Å². The molecule has 1 heterocycles. The van der Waals surface area contributed by atoms with Crippen LogP contribution in [0.3, 0.4) is 0 Å². The summed E-state index contributed by atoms with van der Waals surface area (Å²) >= 11 is 0. The summed E-state index contributed by atoms with van der Waals surface area (Å²) < 4.78 is 22.5. The molecular weight excluding hydrogens is 236 g/mol. The number of nitrogens with one attached hydrogen (secondary N) is 1. The Morgan fingerprint density at radius 3 is 2.47 bits per heavy atom. The van der Waals surface area contributed by atoms with Crippen molar-refractivity contribution in [3.05, 3.63) is 18.3 Å². The second-order valence-electron chi connectivity index (χ2n) is 4.64. The second kappa shape index (κ2) is 5.04. The van der Waals surface area contributed by atoms with Gasteiger partial charge in [0.2, 0.25) is 0 Å². The van der Waals surface area contributed by atoms with Crippen LogP contribution in [0.1, 0.15) is 32.1 Å². The molecule has 2 rings (SSSR count). The van der Waals surface area contributed by atoms with Gasteiger partial charge in [0, 0.05) is 12.3 Å². The summed E-state index contributed by atoms with van der Waals surface area (Å²) in [4.78, 5) is 3.96. The van der Waals surface area contributed by atoms with E-state index < -0.39 is 9.84 Å². The third-order valence-electron chi connectivity index (χ3n) is 3.09. The van der Waals surface area contributed by atoms with Gasteiger partial charge in [0.1, 0.15) is 0 Å². The molecule has 0 aliphatic heterocycles. The van der Waals surface area contributed by atoms with Gasteiger partial charge in [-0.3, -0.25) is 0 Å². The van der Waals surface area contributed by atoms with E-state index in [0.717, 1.165) is 5.69 Å². The fourth-order valence-electron chi connectivity index (χ4n) is 2.17. The van der Waals surface area contributed by atoms with Gasteiger partial charge in [-0.1, -0.05) is 19.3 Å². The van der Waals surface area contributed by atoms with Gasteiger partial charge in [0.25, 0.3) is 0 Å². The minimum Gasteiger partial charge on any atom is -0.381 e. The van der Waals surface area contributed by atoms with Crippen molar-refractivity contribution in [1.29, 1.82) is 0 Å². The first-order chi connectivity index (χ1) is 8.05. The summed E-state index contributed by atoms with van der Waals surface area (Å²) in [6.45, 7) is 0. The van der Waals surface area contributed by atoms with Gasteiger partial charge in [-0.25, -0.2) is 13.4 Å². The molecule has 1 aromatic rings. The fourth-order valence-corrected chi connectivity index (χ4v) is 2.73. The van der Waals surface area contributed by atoms with Gasteiger partial charge in [-0.15, -0.1) is 0 Å². The monoisotopic (exact) mass is 254 g/mol. The molecule has 0 saturated heterocycles. The molecule has 5 heteroatoms. The average molecular weight is 254 g/mol. The SMILES string of the molecule is CS(=O)(=O)c1ccc(NC2CCCCC2)cn1. The van der Waals surface area contributed by atoms with Gasteiger partial charge in [0.15, 0.2) is 14.9 Å². The van der Waals surface area contributed by atoms with Crippen LogP contribution < -0.4 is 5.32 Å². The Balaban J connectivity index is 2.03. The van der Waals surface area contributed by atoms with Crippen LogP contribution in [0.5, 0.6) is 0 Å². The third kappa shape index (κ3) is 3.43. The van der Waals surface area contributed by atoms with Gasteiger partial charge >= 0.3 is 0 Å². The lowest BCUT2D eigenvalue weighted by Gasteiger charge is -2.23. The summed E-state index contributed by atoms with van der Waals surface area (Å²) in [7, 11) is -3.19. The van der Waals surface area contributed by atoms with Crippen molar-refractivity contribution in [3.8, 4) is 0 Å². The summed E-state index contributed by atoms with van der Waals surface area (Å²) in [6, 6.07) is 3.85. The van der Waals surface area contributed by atoms with Gasteiger partial charge in [-0.2, -0.15) is 0 Å². The zero-order valence-corrected chi connectivity index (χ0v) is 10.8. The van der Waals surface area contributed by atoms with Crippen LogP contribution >= 0.6 is 0 Å². The lowest BCUT2D eigenvalue weighted by molar-refractivity contribution is 0.462. The van der Waals surface area contributed by atoms with Gasteiger partial charge < -0.3 is 5.32 Å². The Kier molecular flexibility index (Phi) is 3.66. The number of hydrogen-bond acceptors (Lipinski definition) is 4. The van der Waals surface area contributed by atoms with E-state index in [1.807, 2.05) is 0 Å². The summed E-state index contributed by atoms with van der Waals surface area (Å²) in [5.41, 5.74) is 0.907. The van der Waals surface area contributed by atoms with Crippen LogP contribution in [0.15, 0.2) is 23.4 Å². The molecule has 1 N–H and O–H groups in total. The van der Waals surface area contributed by atoms with Crippen molar-refractivity contribution >= 4 is 15.5 Å². The Labute approximate surface area is 102 Å². The van der Waals surface area contributed by atoms with Crippen LogP contribution in [-0.2, 0) is 9.84 Å². The molecule has 0 amide bonds. The molecular formula is C12H18N2O2S. The number of aromatic nitrogens is 1. The molecule has 1 fully saturated rings. The van der Waals surface area contributed by atoms with Crippen LogP contribution in [0.25, 0.3) is 0 Å². The minimum absolute atomic E-state index is 0.131. The molecule has 17 heavy (non-hydrogen) atoms. The van der Waals surface area contributed by atoms with Crippen molar-refractivity contribution in [2.75, 3.05) is 11.6 Å². The predicted octanol–water partition coefficient (Wildman–Crippen LogP) is 2.23. The molecule has 0 spiro atoms. The van der Waals surface area contributed by atoms with Crippen LogP contribution in [0.4, 0.5) is 5.69 Å². The number of anilines is 1. The maximum atomic E-state index is 11.3. The zero-order valence-electron chi connectivity index (χ0n) is 10.0. The number of pyridine rings is 1. The third-order valence-corrected chi connectivity index (χ3v) is 4.09. The van der Waals surface area contributed by atoms with Crippen molar-refractivity contribution in [2.24, 2.45) is 0 Å². The highest BCUT2D eigenvalue weighted by atomic mass is 32.2. The maximum absolute atomic E-state index is 11.3.